The molecule has 0 spiro atoms. The highest BCUT2D eigenvalue weighted by molar-refractivity contribution is 5.93. The van der Waals surface area contributed by atoms with E-state index in [-0.39, 0.29) is 17.7 Å². The summed E-state index contributed by atoms with van der Waals surface area (Å²) in [6, 6.07) is 5.59. The van der Waals surface area contributed by atoms with Gasteiger partial charge in [0.25, 0.3) is 5.91 Å². The highest BCUT2D eigenvalue weighted by Gasteiger charge is 2.11. The third-order valence-corrected chi connectivity index (χ3v) is 3.11. The van der Waals surface area contributed by atoms with Crippen molar-refractivity contribution in [1.82, 2.24) is 15.0 Å². The number of halogens is 1. The first-order valence-corrected chi connectivity index (χ1v) is 6.27. The van der Waals surface area contributed by atoms with Crippen LogP contribution in [0.2, 0.25) is 0 Å². The first kappa shape index (κ1) is 14.9. The van der Waals surface area contributed by atoms with Gasteiger partial charge in [-0.25, -0.2) is 15.0 Å². The SMILES string of the molecule is Cc1cc(C)n(Cc2cc(C(=O)NN)ccc2F)c(=O)n1. The molecule has 21 heavy (non-hydrogen) atoms. The van der Waals surface area contributed by atoms with Crippen molar-refractivity contribution in [3.05, 3.63) is 63.1 Å². The van der Waals surface area contributed by atoms with Gasteiger partial charge in [0.2, 0.25) is 0 Å². The summed E-state index contributed by atoms with van der Waals surface area (Å²) in [6.07, 6.45) is 0. The van der Waals surface area contributed by atoms with Gasteiger partial charge in [-0.2, -0.15) is 4.98 Å². The minimum atomic E-state index is -0.526. The lowest BCUT2D eigenvalue weighted by molar-refractivity contribution is 0.0953. The Morgan fingerprint density at radius 2 is 2.10 bits per heavy atom. The van der Waals surface area contributed by atoms with Crippen molar-refractivity contribution >= 4 is 5.91 Å². The average molecular weight is 290 g/mol. The zero-order valence-corrected chi connectivity index (χ0v) is 11.7. The fraction of sp³-hybridized carbons (Fsp3) is 0.214. The molecule has 0 bridgehead atoms. The molecule has 1 aromatic heterocycles. The number of hydrazine groups is 1. The Labute approximate surface area is 120 Å². The van der Waals surface area contributed by atoms with Crippen molar-refractivity contribution in [3.8, 4) is 0 Å². The number of carbonyl (C=O) groups is 1. The fourth-order valence-corrected chi connectivity index (χ4v) is 2.06. The number of nitrogens with zero attached hydrogens (tertiary/aromatic N) is 2. The molecule has 1 amide bonds. The van der Waals surface area contributed by atoms with Gasteiger partial charge in [-0.3, -0.25) is 14.8 Å². The monoisotopic (exact) mass is 290 g/mol. The molecule has 6 nitrogen and oxygen atoms in total. The second kappa shape index (κ2) is 5.84. The Morgan fingerprint density at radius 3 is 2.71 bits per heavy atom. The number of carbonyl (C=O) groups excluding carboxylic acids is 1. The largest absolute Gasteiger partial charge is 0.348 e. The van der Waals surface area contributed by atoms with E-state index < -0.39 is 17.4 Å². The Bertz CT molecular complexity index is 755. The second-order valence-corrected chi connectivity index (χ2v) is 4.69. The summed E-state index contributed by atoms with van der Waals surface area (Å²) in [4.78, 5) is 27.2. The molecule has 0 fully saturated rings. The van der Waals surface area contributed by atoms with Crippen LogP contribution >= 0.6 is 0 Å². The number of benzene rings is 1. The first-order valence-electron chi connectivity index (χ1n) is 6.27. The summed E-state index contributed by atoms with van der Waals surface area (Å²) in [6.45, 7) is 3.45. The van der Waals surface area contributed by atoms with Gasteiger partial charge in [-0.05, 0) is 38.1 Å². The number of amides is 1. The summed E-state index contributed by atoms with van der Waals surface area (Å²) < 4.78 is 15.2. The van der Waals surface area contributed by atoms with E-state index in [1.165, 1.54) is 22.8 Å². The number of aromatic nitrogens is 2. The summed E-state index contributed by atoms with van der Waals surface area (Å²) in [5.74, 6) is 4.02. The highest BCUT2D eigenvalue weighted by atomic mass is 19.1. The van der Waals surface area contributed by atoms with Crippen molar-refractivity contribution in [3.63, 3.8) is 0 Å². The number of hydrogen-bond acceptors (Lipinski definition) is 4. The summed E-state index contributed by atoms with van der Waals surface area (Å²) >= 11 is 0. The van der Waals surface area contributed by atoms with Gasteiger partial charge in [-0.15, -0.1) is 0 Å². The van der Waals surface area contributed by atoms with Crippen LogP contribution in [0, 0.1) is 19.7 Å². The molecule has 0 aliphatic carbocycles. The molecule has 7 heteroatoms. The Hall–Kier alpha value is -2.54. The Kier molecular flexibility index (Phi) is 4.13. The van der Waals surface area contributed by atoms with Crippen LogP contribution in [0.1, 0.15) is 27.3 Å². The Morgan fingerprint density at radius 1 is 1.38 bits per heavy atom. The van der Waals surface area contributed by atoms with E-state index in [0.29, 0.717) is 11.4 Å². The molecule has 0 atom stereocenters. The van der Waals surface area contributed by atoms with Gasteiger partial charge in [0, 0.05) is 22.5 Å². The van der Waals surface area contributed by atoms with Crippen LogP contribution < -0.4 is 17.0 Å². The quantitative estimate of drug-likeness (QED) is 0.493. The third-order valence-electron chi connectivity index (χ3n) is 3.11. The third kappa shape index (κ3) is 3.14. The number of nitrogens with one attached hydrogen (secondary N) is 1. The Balaban J connectivity index is 2.45. The van der Waals surface area contributed by atoms with Gasteiger partial charge in [-0.1, -0.05) is 0 Å². The van der Waals surface area contributed by atoms with E-state index in [1.54, 1.807) is 19.9 Å². The summed E-state index contributed by atoms with van der Waals surface area (Å²) in [5, 5.41) is 0. The van der Waals surface area contributed by atoms with E-state index in [9.17, 15) is 14.0 Å². The van der Waals surface area contributed by atoms with Crippen LogP contribution in [0.4, 0.5) is 4.39 Å². The van der Waals surface area contributed by atoms with E-state index in [0.717, 1.165) is 0 Å². The van der Waals surface area contributed by atoms with E-state index in [2.05, 4.69) is 4.98 Å². The molecule has 1 aromatic carbocycles. The highest BCUT2D eigenvalue weighted by Crippen LogP contribution is 2.12. The molecular weight excluding hydrogens is 275 g/mol. The molecule has 0 saturated heterocycles. The maximum Gasteiger partial charge on any atom is 0.348 e. The lowest BCUT2D eigenvalue weighted by atomic mass is 10.1. The van der Waals surface area contributed by atoms with Crippen molar-refractivity contribution in [2.45, 2.75) is 20.4 Å². The minimum absolute atomic E-state index is 0.00449. The maximum absolute atomic E-state index is 13.9. The topological polar surface area (TPSA) is 90.0 Å². The second-order valence-electron chi connectivity index (χ2n) is 4.69. The standard InChI is InChI=1S/C14H15FN4O2/c1-8-5-9(2)19(14(21)17-8)7-11-6-10(13(20)18-16)3-4-12(11)15/h3-6H,7,16H2,1-2H3,(H,18,20). The molecule has 1 heterocycles. The average Bonchev–Trinajstić information content (AvgIpc) is 2.43. The van der Waals surface area contributed by atoms with Crippen LogP contribution in [0.3, 0.4) is 0 Å². The van der Waals surface area contributed by atoms with Crippen LogP contribution in [0.5, 0.6) is 0 Å². The van der Waals surface area contributed by atoms with Gasteiger partial charge in [0.15, 0.2) is 0 Å². The summed E-state index contributed by atoms with van der Waals surface area (Å²) in [5.41, 5.74) is 3.23. The van der Waals surface area contributed by atoms with Crippen LogP contribution in [-0.4, -0.2) is 15.5 Å². The van der Waals surface area contributed by atoms with E-state index >= 15 is 0 Å². The van der Waals surface area contributed by atoms with Crippen molar-refractivity contribution < 1.29 is 9.18 Å². The molecular formula is C14H15FN4O2. The number of hydrogen-bond donors (Lipinski definition) is 2. The van der Waals surface area contributed by atoms with Crippen LogP contribution in [0.15, 0.2) is 29.1 Å². The minimum Gasteiger partial charge on any atom is -0.292 e. The number of rotatable bonds is 3. The predicted octanol–water partition coefficient (Wildman–Crippen LogP) is 0.651. The molecule has 0 aliphatic heterocycles. The molecule has 0 unspecified atom stereocenters. The van der Waals surface area contributed by atoms with Gasteiger partial charge < -0.3 is 0 Å². The van der Waals surface area contributed by atoms with Crippen LogP contribution in [-0.2, 0) is 6.54 Å². The lowest BCUT2D eigenvalue weighted by Crippen LogP contribution is -2.30. The smallest absolute Gasteiger partial charge is 0.292 e. The molecule has 2 aromatic rings. The zero-order chi connectivity index (χ0) is 15.6. The molecule has 0 aliphatic rings. The zero-order valence-electron chi connectivity index (χ0n) is 11.7. The molecule has 3 N–H and O–H groups in total. The van der Waals surface area contributed by atoms with Crippen molar-refractivity contribution in [1.29, 1.82) is 0 Å². The van der Waals surface area contributed by atoms with Crippen LogP contribution in [0.25, 0.3) is 0 Å². The van der Waals surface area contributed by atoms with E-state index in [4.69, 9.17) is 5.84 Å². The van der Waals surface area contributed by atoms with Crippen molar-refractivity contribution in [2.75, 3.05) is 0 Å². The molecule has 110 valence electrons. The predicted molar refractivity (Wildman–Crippen MR) is 75.1 cm³/mol. The number of nitrogens with two attached hydrogens (primary N) is 1. The summed E-state index contributed by atoms with van der Waals surface area (Å²) in [7, 11) is 0. The molecule has 0 radical (unpaired) electrons. The van der Waals surface area contributed by atoms with Gasteiger partial charge >= 0.3 is 5.69 Å². The number of nitrogen functional groups attached to an aromatic ring is 1. The molecule has 0 saturated carbocycles. The number of aryl methyl sites for hydroxylation is 2. The van der Waals surface area contributed by atoms with E-state index in [1.807, 2.05) is 5.43 Å². The van der Waals surface area contributed by atoms with Crippen molar-refractivity contribution in [2.24, 2.45) is 5.84 Å². The fourth-order valence-electron chi connectivity index (χ4n) is 2.06. The van der Waals surface area contributed by atoms with Gasteiger partial charge in [0.1, 0.15) is 5.82 Å². The first-order chi connectivity index (χ1) is 9.92. The van der Waals surface area contributed by atoms with Gasteiger partial charge in [0.05, 0.1) is 6.54 Å². The lowest BCUT2D eigenvalue weighted by Gasteiger charge is -2.11. The molecule has 2 rings (SSSR count). The normalized spacial score (nSPS) is 10.5. The maximum atomic E-state index is 13.9.